The van der Waals surface area contributed by atoms with E-state index in [2.05, 4.69) is 26.8 Å². The van der Waals surface area contributed by atoms with Crippen molar-refractivity contribution in [3.05, 3.63) is 48.2 Å². The van der Waals surface area contributed by atoms with Gasteiger partial charge in [-0.2, -0.15) is 0 Å². The Labute approximate surface area is 180 Å². The molecule has 2 saturated heterocycles. The van der Waals surface area contributed by atoms with Crippen molar-refractivity contribution in [2.24, 2.45) is 0 Å². The number of nitrogens with zero attached hydrogens (tertiary/aromatic N) is 5. The van der Waals surface area contributed by atoms with Crippen molar-refractivity contribution >= 4 is 5.95 Å². The van der Waals surface area contributed by atoms with Gasteiger partial charge >= 0.3 is 0 Å². The van der Waals surface area contributed by atoms with Crippen LogP contribution in [0.1, 0.15) is 18.5 Å². The first-order valence-corrected chi connectivity index (χ1v) is 10.5. The van der Waals surface area contributed by atoms with Gasteiger partial charge in [0.05, 0.1) is 30.3 Å². The number of imidazole rings is 1. The number of ether oxygens (including phenoxy) is 2. The molecule has 3 aromatic rings. The lowest BCUT2D eigenvalue weighted by atomic mass is 10.1. The molecule has 9 heteroatoms. The molecule has 2 aliphatic rings. The summed E-state index contributed by atoms with van der Waals surface area (Å²) in [6.07, 6.45) is 2.06. The summed E-state index contributed by atoms with van der Waals surface area (Å²) in [6.45, 7) is 4.94. The lowest BCUT2D eigenvalue weighted by Crippen LogP contribution is -2.45. The number of likely N-dealkylation sites (N-methyl/N-ethyl adjacent to an activating group) is 1. The average molecular weight is 424 g/mol. The van der Waals surface area contributed by atoms with Crippen LogP contribution in [-0.2, 0) is 9.47 Å². The SMILES string of the molecule is CN1CCN(c2nccc(-c3[nH]c(C4OCCCO4)nc3-c3ccc(F)cc3)n2)CC1. The van der Waals surface area contributed by atoms with Crippen molar-refractivity contribution in [1.29, 1.82) is 0 Å². The Morgan fingerprint density at radius 3 is 2.48 bits per heavy atom. The number of aromatic amines is 1. The van der Waals surface area contributed by atoms with Crippen molar-refractivity contribution in [3.63, 3.8) is 0 Å². The number of halogens is 1. The third-order valence-corrected chi connectivity index (χ3v) is 5.58. The first-order valence-electron chi connectivity index (χ1n) is 10.5. The van der Waals surface area contributed by atoms with Crippen LogP contribution in [0.4, 0.5) is 10.3 Å². The average Bonchev–Trinajstić information content (AvgIpc) is 3.26. The fraction of sp³-hybridized carbons (Fsp3) is 0.409. The van der Waals surface area contributed by atoms with E-state index >= 15 is 0 Å². The molecule has 162 valence electrons. The Morgan fingerprint density at radius 1 is 1.00 bits per heavy atom. The van der Waals surface area contributed by atoms with Gasteiger partial charge in [0.1, 0.15) is 5.82 Å². The van der Waals surface area contributed by atoms with E-state index in [9.17, 15) is 4.39 Å². The fourth-order valence-corrected chi connectivity index (χ4v) is 3.80. The minimum atomic E-state index is -0.555. The number of hydrogen-bond donors (Lipinski definition) is 1. The summed E-state index contributed by atoms with van der Waals surface area (Å²) in [5, 5.41) is 0. The molecule has 2 aliphatic heterocycles. The van der Waals surface area contributed by atoms with Gasteiger partial charge in [0.2, 0.25) is 12.2 Å². The largest absolute Gasteiger partial charge is 0.346 e. The van der Waals surface area contributed by atoms with E-state index in [1.54, 1.807) is 18.3 Å². The Morgan fingerprint density at radius 2 is 1.74 bits per heavy atom. The van der Waals surface area contributed by atoms with Crippen molar-refractivity contribution in [2.75, 3.05) is 51.3 Å². The molecule has 0 radical (unpaired) electrons. The molecule has 0 spiro atoms. The zero-order valence-electron chi connectivity index (χ0n) is 17.4. The number of piperazine rings is 1. The lowest BCUT2D eigenvalue weighted by Gasteiger charge is -2.32. The molecular formula is C22H25FN6O2. The van der Waals surface area contributed by atoms with Crippen LogP contribution in [0.25, 0.3) is 22.6 Å². The maximum Gasteiger partial charge on any atom is 0.225 e. The van der Waals surface area contributed by atoms with Gasteiger partial charge < -0.3 is 24.3 Å². The Balaban J connectivity index is 1.53. The minimum absolute atomic E-state index is 0.292. The molecule has 1 N–H and O–H groups in total. The van der Waals surface area contributed by atoms with Crippen molar-refractivity contribution < 1.29 is 13.9 Å². The van der Waals surface area contributed by atoms with Crippen LogP contribution in [0.5, 0.6) is 0 Å². The molecule has 8 nitrogen and oxygen atoms in total. The molecule has 0 bridgehead atoms. The number of H-pyrrole nitrogens is 1. The second-order valence-corrected chi connectivity index (χ2v) is 7.81. The second-order valence-electron chi connectivity index (χ2n) is 7.81. The van der Waals surface area contributed by atoms with Gasteiger partial charge in [0.15, 0.2) is 5.82 Å². The number of aromatic nitrogens is 4. The van der Waals surface area contributed by atoms with Crippen molar-refractivity contribution in [1.82, 2.24) is 24.8 Å². The second kappa shape index (κ2) is 8.70. The number of anilines is 1. The van der Waals surface area contributed by atoms with Crippen LogP contribution >= 0.6 is 0 Å². The maximum absolute atomic E-state index is 13.5. The number of rotatable bonds is 4. The monoisotopic (exact) mass is 424 g/mol. The minimum Gasteiger partial charge on any atom is -0.346 e. The zero-order chi connectivity index (χ0) is 21.2. The van der Waals surface area contributed by atoms with Gasteiger partial charge in [-0.25, -0.2) is 19.3 Å². The van der Waals surface area contributed by atoms with Crippen molar-refractivity contribution in [3.8, 4) is 22.6 Å². The first-order chi connectivity index (χ1) is 15.2. The van der Waals surface area contributed by atoms with Crippen LogP contribution in [0, 0.1) is 5.82 Å². The molecule has 0 atom stereocenters. The van der Waals surface area contributed by atoms with E-state index in [1.165, 1.54) is 12.1 Å². The highest BCUT2D eigenvalue weighted by Crippen LogP contribution is 2.33. The summed E-state index contributed by atoms with van der Waals surface area (Å²) < 4.78 is 25.0. The first kappa shape index (κ1) is 20.0. The fourth-order valence-electron chi connectivity index (χ4n) is 3.80. The third-order valence-electron chi connectivity index (χ3n) is 5.58. The molecule has 0 unspecified atom stereocenters. The summed E-state index contributed by atoms with van der Waals surface area (Å²) >= 11 is 0. The van der Waals surface area contributed by atoms with Crippen LogP contribution < -0.4 is 4.90 Å². The number of benzene rings is 1. The summed E-state index contributed by atoms with van der Waals surface area (Å²) in [6, 6.07) is 8.13. The highest BCUT2D eigenvalue weighted by molar-refractivity contribution is 5.77. The van der Waals surface area contributed by atoms with Gasteiger partial charge in [0.25, 0.3) is 0 Å². The Bertz CT molecular complexity index is 1030. The van der Waals surface area contributed by atoms with E-state index in [-0.39, 0.29) is 5.82 Å². The summed E-state index contributed by atoms with van der Waals surface area (Å²) in [5.74, 6) is 0.977. The lowest BCUT2D eigenvalue weighted by molar-refractivity contribution is -0.186. The topological polar surface area (TPSA) is 79.4 Å². The molecule has 4 heterocycles. The van der Waals surface area contributed by atoms with Gasteiger partial charge in [-0.3, -0.25) is 0 Å². The normalized spacial score (nSPS) is 18.5. The molecular weight excluding hydrogens is 399 g/mol. The molecule has 5 rings (SSSR count). The van der Waals surface area contributed by atoms with Gasteiger partial charge in [-0.05, 0) is 43.8 Å². The van der Waals surface area contributed by atoms with E-state index in [4.69, 9.17) is 19.4 Å². The van der Waals surface area contributed by atoms with E-state index < -0.39 is 6.29 Å². The number of hydrogen-bond acceptors (Lipinski definition) is 7. The highest BCUT2D eigenvalue weighted by Gasteiger charge is 2.25. The van der Waals surface area contributed by atoms with E-state index in [0.717, 1.165) is 49.6 Å². The van der Waals surface area contributed by atoms with Crippen molar-refractivity contribution in [2.45, 2.75) is 12.7 Å². The van der Waals surface area contributed by atoms with Crippen LogP contribution in [-0.4, -0.2) is 71.3 Å². The predicted octanol–water partition coefficient (Wildman–Crippen LogP) is 2.86. The molecule has 31 heavy (non-hydrogen) atoms. The summed E-state index contributed by atoms with van der Waals surface area (Å²) in [4.78, 5) is 21.9. The van der Waals surface area contributed by atoms with E-state index in [1.807, 2.05) is 6.07 Å². The standard InChI is InChI=1S/C22H25FN6O2/c1-28-9-11-29(12-10-28)22-24-8-7-17(25-22)19-18(15-3-5-16(23)6-4-15)26-20(27-19)21-30-13-2-14-31-21/h3-8,21H,2,9-14H2,1H3,(H,26,27). The molecule has 0 aliphatic carbocycles. The van der Waals surface area contributed by atoms with E-state index in [0.29, 0.717) is 30.7 Å². The van der Waals surface area contributed by atoms with Gasteiger partial charge in [0, 0.05) is 37.9 Å². The smallest absolute Gasteiger partial charge is 0.225 e. The molecule has 0 amide bonds. The number of nitrogens with one attached hydrogen (secondary N) is 1. The molecule has 1 aromatic carbocycles. The zero-order valence-corrected chi connectivity index (χ0v) is 17.4. The quantitative estimate of drug-likeness (QED) is 0.690. The molecule has 2 aromatic heterocycles. The van der Waals surface area contributed by atoms with Gasteiger partial charge in [-0.15, -0.1) is 0 Å². The molecule has 0 saturated carbocycles. The summed E-state index contributed by atoms with van der Waals surface area (Å²) in [5.41, 5.74) is 2.92. The van der Waals surface area contributed by atoms with Crippen LogP contribution in [0.15, 0.2) is 36.5 Å². The van der Waals surface area contributed by atoms with Crippen LogP contribution in [0.2, 0.25) is 0 Å². The maximum atomic E-state index is 13.5. The molecule has 2 fully saturated rings. The Kier molecular flexibility index (Phi) is 5.63. The Hall–Kier alpha value is -2.88. The summed E-state index contributed by atoms with van der Waals surface area (Å²) in [7, 11) is 2.12. The third kappa shape index (κ3) is 4.30. The predicted molar refractivity (Wildman–Crippen MR) is 114 cm³/mol. The van der Waals surface area contributed by atoms with Gasteiger partial charge in [-0.1, -0.05) is 0 Å². The van der Waals surface area contributed by atoms with Crippen LogP contribution in [0.3, 0.4) is 0 Å². The highest BCUT2D eigenvalue weighted by atomic mass is 19.1.